The Hall–Kier alpha value is -3.15. The van der Waals surface area contributed by atoms with E-state index in [1.807, 2.05) is 62.6 Å². The monoisotopic (exact) mass is 445 g/mol. The van der Waals surface area contributed by atoms with Crippen LogP contribution >= 0.6 is 11.3 Å². The zero-order valence-electron chi connectivity index (χ0n) is 18.8. The zero-order valence-corrected chi connectivity index (χ0v) is 19.7. The highest BCUT2D eigenvalue weighted by atomic mass is 32.1. The summed E-state index contributed by atoms with van der Waals surface area (Å²) < 4.78 is 12.2. The van der Waals surface area contributed by atoms with Crippen LogP contribution < -0.4 is 9.47 Å². The highest BCUT2D eigenvalue weighted by Crippen LogP contribution is 2.40. The first kappa shape index (κ1) is 22.1. The largest absolute Gasteiger partial charge is 0.497 e. The highest BCUT2D eigenvalue weighted by Gasteiger charge is 2.21. The summed E-state index contributed by atoms with van der Waals surface area (Å²) in [6, 6.07) is 21.6. The molecule has 32 heavy (non-hydrogen) atoms. The number of methoxy groups -OCH3 is 1. The van der Waals surface area contributed by atoms with Gasteiger partial charge in [-0.25, -0.2) is 0 Å². The van der Waals surface area contributed by atoms with Crippen molar-refractivity contribution in [1.29, 1.82) is 0 Å². The second kappa shape index (κ2) is 9.55. The molecule has 0 atom stereocenters. The standard InChI is InChI=1S/C27H27NO3S/c1-18-5-14-23-24(17-18)32-27(20-8-10-21(30-4)11-9-20)25(23)26(29)19-6-12-22(13-7-19)31-16-15-28(2)3/h5-14,17H,15-16H2,1-4H3. The highest BCUT2D eigenvalue weighted by molar-refractivity contribution is 7.22. The molecule has 0 aliphatic rings. The van der Waals surface area contributed by atoms with Gasteiger partial charge in [0.2, 0.25) is 0 Å². The van der Waals surface area contributed by atoms with E-state index in [-0.39, 0.29) is 5.78 Å². The van der Waals surface area contributed by atoms with Crippen molar-refractivity contribution in [3.8, 4) is 21.9 Å². The molecule has 0 N–H and O–H groups in total. The number of thiophene rings is 1. The molecule has 1 aromatic heterocycles. The van der Waals surface area contributed by atoms with Gasteiger partial charge in [0, 0.05) is 32.6 Å². The summed E-state index contributed by atoms with van der Waals surface area (Å²) in [5.74, 6) is 1.58. The summed E-state index contributed by atoms with van der Waals surface area (Å²) in [6.07, 6.45) is 0. The van der Waals surface area contributed by atoms with Crippen LogP contribution in [0.3, 0.4) is 0 Å². The Morgan fingerprint density at radius 1 is 0.938 bits per heavy atom. The maximum absolute atomic E-state index is 13.7. The maximum atomic E-state index is 13.7. The topological polar surface area (TPSA) is 38.8 Å². The van der Waals surface area contributed by atoms with Crippen molar-refractivity contribution in [2.45, 2.75) is 6.92 Å². The van der Waals surface area contributed by atoms with Crippen molar-refractivity contribution in [1.82, 2.24) is 4.90 Å². The van der Waals surface area contributed by atoms with Crippen LogP contribution in [0.2, 0.25) is 0 Å². The van der Waals surface area contributed by atoms with Crippen LogP contribution in [0.5, 0.6) is 11.5 Å². The Morgan fingerprint density at radius 2 is 1.62 bits per heavy atom. The van der Waals surface area contributed by atoms with Crippen molar-refractivity contribution in [2.75, 3.05) is 34.4 Å². The van der Waals surface area contributed by atoms with Crippen LogP contribution in [0.25, 0.3) is 20.5 Å². The molecule has 3 aromatic carbocycles. The van der Waals surface area contributed by atoms with E-state index in [2.05, 4.69) is 30.0 Å². The minimum absolute atomic E-state index is 0.0192. The quantitative estimate of drug-likeness (QED) is 0.309. The number of ether oxygens (including phenoxy) is 2. The Labute approximate surface area is 193 Å². The van der Waals surface area contributed by atoms with E-state index in [1.165, 1.54) is 5.56 Å². The van der Waals surface area contributed by atoms with Crippen molar-refractivity contribution >= 4 is 27.2 Å². The van der Waals surface area contributed by atoms with Crippen LogP contribution in [0, 0.1) is 6.92 Å². The third-order valence-corrected chi connectivity index (χ3v) is 6.55. The fourth-order valence-electron chi connectivity index (χ4n) is 3.57. The number of nitrogens with zero attached hydrogens (tertiary/aromatic N) is 1. The molecule has 1 heterocycles. The Balaban J connectivity index is 1.71. The first-order chi connectivity index (χ1) is 15.5. The van der Waals surface area contributed by atoms with Crippen LogP contribution in [0.15, 0.2) is 66.7 Å². The molecule has 0 spiro atoms. The molecule has 4 nitrogen and oxygen atoms in total. The molecular formula is C27H27NO3S. The molecule has 0 saturated heterocycles. The van der Waals surface area contributed by atoms with Crippen molar-refractivity contribution in [2.24, 2.45) is 0 Å². The van der Waals surface area contributed by atoms with Crippen molar-refractivity contribution in [3.05, 3.63) is 83.4 Å². The normalized spacial score (nSPS) is 11.2. The second-order valence-corrected chi connectivity index (χ2v) is 9.09. The molecule has 0 fully saturated rings. The number of carbonyl (C=O) groups excluding carboxylic acids is 1. The Kier molecular flexibility index (Phi) is 6.58. The van der Waals surface area contributed by atoms with Gasteiger partial charge in [0.05, 0.1) is 7.11 Å². The lowest BCUT2D eigenvalue weighted by Crippen LogP contribution is -2.19. The van der Waals surface area contributed by atoms with Crippen LogP contribution in [0.4, 0.5) is 0 Å². The smallest absolute Gasteiger partial charge is 0.195 e. The van der Waals surface area contributed by atoms with Gasteiger partial charge >= 0.3 is 0 Å². The minimum atomic E-state index is 0.0192. The predicted octanol–water partition coefficient (Wildman–Crippen LogP) is 6.06. The lowest BCUT2D eigenvalue weighted by atomic mass is 9.97. The number of carbonyl (C=O) groups is 1. The predicted molar refractivity (Wildman–Crippen MR) is 132 cm³/mol. The molecule has 0 amide bonds. The van der Waals surface area contributed by atoms with Gasteiger partial charge in [-0.15, -0.1) is 11.3 Å². The van der Waals surface area contributed by atoms with Gasteiger partial charge in [0.1, 0.15) is 18.1 Å². The zero-order chi connectivity index (χ0) is 22.7. The second-order valence-electron chi connectivity index (χ2n) is 8.04. The number of aryl methyl sites for hydroxylation is 1. The fraction of sp³-hybridized carbons (Fsp3) is 0.222. The van der Waals surface area contributed by atoms with Crippen LogP contribution in [-0.2, 0) is 0 Å². The van der Waals surface area contributed by atoms with E-state index in [0.717, 1.165) is 44.1 Å². The molecule has 164 valence electrons. The minimum Gasteiger partial charge on any atom is -0.497 e. The molecule has 4 aromatic rings. The van der Waals surface area contributed by atoms with Gasteiger partial charge in [-0.1, -0.05) is 12.1 Å². The van der Waals surface area contributed by atoms with E-state index in [1.54, 1.807) is 18.4 Å². The van der Waals surface area contributed by atoms with E-state index in [0.29, 0.717) is 12.2 Å². The number of hydrogen-bond donors (Lipinski definition) is 0. The Bertz CT molecular complexity index is 1220. The molecule has 0 aliphatic heterocycles. The Morgan fingerprint density at radius 3 is 2.28 bits per heavy atom. The van der Waals surface area contributed by atoms with Gasteiger partial charge in [-0.3, -0.25) is 4.79 Å². The summed E-state index contributed by atoms with van der Waals surface area (Å²) in [5.41, 5.74) is 3.59. The van der Waals surface area contributed by atoms with Gasteiger partial charge < -0.3 is 14.4 Å². The van der Waals surface area contributed by atoms with Crippen LogP contribution in [-0.4, -0.2) is 45.0 Å². The maximum Gasteiger partial charge on any atom is 0.195 e. The summed E-state index contributed by atoms with van der Waals surface area (Å²) >= 11 is 1.65. The summed E-state index contributed by atoms with van der Waals surface area (Å²) in [7, 11) is 5.68. The van der Waals surface area contributed by atoms with Gasteiger partial charge in [0.25, 0.3) is 0 Å². The molecule has 0 radical (unpaired) electrons. The lowest BCUT2D eigenvalue weighted by Gasteiger charge is -2.11. The van der Waals surface area contributed by atoms with Gasteiger partial charge in [0.15, 0.2) is 5.78 Å². The molecule has 0 saturated carbocycles. The average molecular weight is 446 g/mol. The number of likely N-dealkylation sites (N-methyl/N-ethyl adjacent to an activating group) is 1. The number of ketones is 1. The molecular weight excluding hydrogens is 418 g/mol. The summed E-state index contributed by atoms with van der Waals surface area (Å²) in [6.45, 7) is 3.52. The van der Waals surface area contributed by atoms with E-state index >= 15 is 0 Å². The molecule has 5 heteroatoms. The summed E-state index contributed by atoms with van der Waals surface area (Å²) in [4.78, 5) is 16.7. The molecule has 0 bridgehead atoms. The third kappa shape index (κ3) is 4.69. The molecule has 0 aliphatic carbocycles. The number of benzene rings is 3. The van der Waals surface area contributed by atoms with Crippen molar-refractivity contribution in [3.63, 3.8) is 0 Å². The molecule has 0 unspecified atom stereocenters. The van der Waals surface area contributed by atoms with Crippen molar-refractivity contribution < 1.29 is 14.3 Å². The van der Waals surface area contributed by atoms with E-state index in [9.17, 15) is 4.79 Å². The van der Waals surface area contributed by atoms with Crippen LogP contribution in [0.1, 0.15) is 21.5 Å². The third-order valence-electron chi connectivity index (χ3n) is 5.35. The first-order valence-corrected chi connectivity index (χ1v) is 11.4. The first-order valence-electron chi connectivity index (χ1n) is 10.6. The molecule has 4 rings (SSSR count). The fourth-order valence-corrected chi connectivity index (χ4v) is 4.87. The average Bonchev–Trinajstić information content (AvgIpc) is 3.17. The SMILES string of the molecule is COc1ccc(-c2sc3cc(C)ccc3c2C(=O)c2ccc(OCCN(C)C)cc2)cc1. The van der Waals surface area contributed by atoms with Gasteiger partial charge in [-0.05, 0) is 86.7 Å². The number of fused-ring (bicyclic) bond motifs is 1. The number of hydrogen-bond acceptors (Lipinski definition) is 5. The summed E-state index contributed by atoms with van der Waals surface area (Å²) in [5, 5.41) is 0.989. The van der Waals surface area contributed by atoms with E-state index < -0.39 is 0 Å². The van der Waals surface area contributed by atoms with Gasteiger partial charge in [-0.2, -0.15) is 0 Å². The lowest BCUT2D eigenvalue weighted by molar-refractivity contribution is 0.104. The number of rotatable bonds is 8. The van der Waals surface area contributed by atoms with E-state index in [4.69, 9.17) is 9.47 Å².